The maximum Gasteiger partial charge on any atom is 0.238 e. The molecule has 24 heavy (non-hydrogen) atoms. The van der Waals surface area contributed by atoms with Gasteiger partial charge in [0.1, 0.15) is 5.76 Å². The van der Waals surface area contributed by atoms with Gasteiger partial charge >= 0.3 is 0 Å². The van der Waals surface area contributed by atoms with E-state index in [0.717, 1.165) is 12.8 Å². The Morgan fingerprint density at radius 3 is 2.71 bits per heavy atom. The molecule has 7 heteroatoms. The number of rotatable bonds is 11. The number of nitrogens with one attached hydrogen (secondary N) is 2. The summed E-state index contributed by atoms with van der Waals surface area (Å²) in [6.07, 6.45) is 4.60. The summed E-state index contributed by atoms with van der Waals surface area (Å²) in [5, 5.41) is 9.03. The summed E-state index contributed by atoms with van der Waals surface area (Å²) in [5.74, 6) is 1.64. The lowest BCUT2D eigenvalue weighted by molar-refractivity contribution is -0.118. The predicted molar refractivity (Wildman–Crippen MR) is 98.1 cm³/mol. The zero-order chi connectivity index (χ0) is 17.9. The van der Waals surface area contributed by atoms with Gasteiger partial charge in [0.05, 0.1) is 11.0 Å². The first kappa shape index (κ1) is 20.5. The van der Waals surface area contributed by atoms with Gasteiger partial charge in [-0.05, 0) is 26.2 Å². The second-order valence-electron chi connectivity index (χ2n) is 5.99. The highest BCUT2D eigenvalue weighted by Crippen LogP contribution is 2.15. The van der Waals surface area contributed by atoms with Gasteiger partial charge in [0.2, 0.25) is 11.8 Å². The number of aryl methyl sites for hydroxylation is 1. The summed E-state index contributed by atoms with van der Waals surface area (Å²) >= 11 is 1.31. The fraction of sp³-hybridized carbons (Fsp3) is 0.706. The zero-order valence-electron chi connectivity index (χ0n) is 15.1. The third-order valence-electron chi connectivity index (χ3n) is 3.84. The molecule has 2 atom stereocenters. The molecular weight excluding hydrogens is 326 g/mol. The van der Waals surface area contributed by atoms with E-state index in [1.165, 1.54) is 24.6 Å². The number of hydrogen-bond donors (Lipinski definition) is 2. The van der Waals surface area contributed by atoms with Crippen LogP contribution in [0.2, 0.25) is 0 Å². The van der Waals surface area contributed by atoms with Crippen LogP contribution in [0.1, 0.15) is 52.2 Å². The van der Waals surface area contributed by atoms with E-state index < -0.39 is 0 Å². The summed E-state index contributed by atoms with van der Waals surface area (Å²) in [6, 6.07) is 1.66. The lowest BCUT2D eigenvalue weighted by Gasteiger charge is -2.16. The molecule has 6 nitrogen and oxygen atoms in total. The van der Waals surface area contributed by atoms with Crippen molar-refractivity contribution in [1.29, 1.82) is 0 Å². The number of thioether (sulfide) groups is 1. The van der Waals surface area contributed by atoms with Crippen molar-refractivity contribution in [3.63, 3.8) is 0 Å². The maximum absolute atomic E-state index is 12.0. The van der Waals surface area contributed by atoms with E-state index in [1.807, 2.05) is 0 Å². The Morgan fingerprint density at radius 2 is 2.12 bits per heavy atom. The Morgan fingerprint density at radius 1 is 1.38 bits per heavy atom. The van der Waals surface area contributed by atoms with Gasteiger partial charge < -0.3 is 15.2 Å². The number of anilines is 1. The van der Waals surface area contributed by atoms with Crippen molar-refractivity contribution < 1.29 is 14.1 Å². The molecule has 0 aliphatic heterocycles. The standard InChI is InChI=1S/C17H29N3O3S/c1-5-7-8-14(6-2)10-18-16(21)11-24-13(4)17(22)19-15-9-12(3)23-20-15/h9,13-14H,5-8,10-11H2,1-4H3,(H,18,21)(H,19,20,22). The fourth-order valence-corrected chi connectivity index (χ4v) is 2.90. The number of carbonyl (C=O) groups excluding carboxylic acids is 2. The minimum atomic E-state index is -0.338. The van der Waals surface area contributed by atoms with E-state index in [1.54, 1.807) is 19.9 Å². The SMILES string of the molecule is CCCCC(CC)CNC(=O)CSC(C)C(=O)Nc1cc(C)on1. The van der Waals surface area contributed by atoms with Crippen LogP contribution in [0.25, 0.3) is 0 Å². The lowest BCUT2D eigenvalue weighted by Crippen LogP contribution is -2.32. The third kappa shape index (κ3) is 7.86. The van der Waals surface area contributed by atoms with Gasteiger partial charge in [-0.1, -0.05) is 38.3 Å². The van der Waals surface area contributed by atoms with E-state index >= 15 is 0 Å². The van der Waals surface area contributed by atoms with Gasteiger partial charge in [-0.25, -0.2) is 0 Å². The summed E-state index contributed by atoms with van der Waals surface area (Å²) in [6.45, 7) is 8.58. The first-order valence-corrected chi connectivity index (χ1v) is 9.63. The van der Waals surface area contributed by atoms with Crippen LogP contribution in [0.4, 0.5) is 5.82 Å². The van der Waals surface area contributed by atoms with Crippen LogP contribution in [-0.4, -0.2) is 34.5 Å². The number of hydrogen-bond acceptors (Lipinski definition) is 5. The quantitative estimate of drug-likeness (QED) is 0.636. The van der Waals surface area contributed by atoms with E-state index in [0.29, 0.717) is 24.0 Å². The van der Waals surface area contributed by atoms with Gasteiger partial charge in [0.15, 0.2) is 5.82 Å². The molecule has 1 heterocycles. The Kier molecular flexibility index (Phi) is 9.52. The van der Waals surface area contributed by atoms with Crippen molar-refractivity contribution in [3.8, 4) is 0 Å². The fourth-order valence-electron chi connectivity index (χ4n) is 2.18. The summed E-state index contributed by atoms with van der Waals surface area (Å²) in [5.41, 5.74) is 0. The van der Waals surface area contributed by atoms with E-state index in [2.05, 4.69) is 29.6 Å². The smallest absolute Gasteiger partial charge is 0.238 e. The molecule has 0 fully saturated rings. The van der Waals surface area contributed by atoms with Crippen LogP contribution in [-0.2, 0) is 9.59 Å². The minimum absolute atomic E-state index is 0.0214. The van der Waals surface area contributed by atoms with Crippen LogP contribution in [0.15, 0.2) is 10.6 Å². The summed E-state index contributed by atoms with van der Waals surface area (Å²) < 4.78 is 4.90. The van der Waals surface area contributed by atoms with Crippen molar-refractivity contribution in [1.82, 2.24) is 10.5 Å². The average Bonchev–Trinajstić information content (AvgIpc) is 2.97. The second kappa shape index (κ2) is 11.1. The number of carbonyl (C=O) groups is 2. The summed E-state index contributed by atoms with van der Waals surface area (Å²) in [4.78, 5) is 24.0. The lowest BCUT2D eigenvalue weighted by atomic mass is 9.99. The van der Waals surface area contributed by atoms with E-state index in [4.69, 9.17) is 4.52 Å². The molecule has 0 aliphatic rings. The highest BCUT2D eigenvalue weighted by molar-refractivity contribution is 8.01. The minimum Gasteiger partial charge on any atom is -0.360 e. The Balaban J connectivity index is 2.26. The molecule has 0 aromatic carbocycles. The molecule has 0 radical (unpaired) electrons. The Bertz CT molecular complexity index is 519. The molecule has 1 aromatic rings. The van der Waals surface area contributed by atoms with Gasteiger partial charge in [-0.3, -0.25) is 9.59 Å². The topological polar surface area (TPSA) is 84.2 Å². The highest BCUT2D eigenvalue weighted by atomic mass is 32.2. The zero-order valence-corrected chi connectivity index (χ0v) is 15.9. The molecule has 136 valence electrons. The molecule has 2 N–H and O–H groups in total. The highest BCUT2D eigenvalue weighted by Gasteiger charge is 2.17. The van der Waals surface area contributed by atoms with Crippen LogP contribution < -0.4 is 10.6 Å². The first-order chi connectivity index (χ1) is 11.5. The molecule has 2 unspecified atom stereocenters. The molecule has 1 aromatic heterocycles. The van der Waals surface area contributed by atoms with Crippen LogP contribution in [0.5, 0.6) is 0 Å². The normalized spacial score (nSPS) is 13.3. The van der Waals surface area contributed by atoms with Crippen molar-refractivity contribution in [2.24, 2.45) is 5.92 Å². The third-order valence-corrected chi connectivity index (χ3v) is 4.99. The van der Waals surface area contributed by atoms with Crippen molar-refractivity contribution in [3.05, 3.63) is 11.8 Å². The molecular formula is C17H29N3O3S. The van der Waals surface area contributed by atoms with Gasteiger partial charge in [0.25, 0.3) is 0 Å². The number of amides is 2. The number of aromatic nitrogens is 1. The van der Waals surface area contributed by atoms with Crippen molar-refractivity contribution in [2.75, 3.05) is 17.6 Å². The Labute approximate surface area is 148 Å². The van der Waals surface area contributed by atoms with Crippen LogP contribution in [0, 0.1) is 12.8 Å². The molecule has 0 saturated heterocycles. The molecule has 2 amide bonds. The summed E-state index contributed by atoms with van der Waals surface area (Å²) in [7, 11) is 0. The van der Waals surface area contributed by atoms with Crippen LogP contribution >= 0.6 is 11.8 Å². The molecule has 0 aliphatic carbocycles. The Hall–Kier alpha value is -1.50. The van der Waals surface area contributed by atoms with Crippen molar-refractivity contribution >= 4 is 29.4 Å². The largest absolute Gasteiger partial charge is 0.360 e. The maximum atomic E-state index is 12.0. The van der Waals surface area contributed by atoms with Crippen molar-refractivity contribution in [2.45, 2.75) is 58.6 Å². The molecule has 0 bridgehead atoms. The molecule has 1 rings (SSSR count). The second-order valence-corrected chi connectivity index (χ2v) is 7.31. The van der Waals surface area contributed by atoms with Gasteiger partial charge in [-0.15, -0.1) is 11.8 Å². The van der Waals surface area contributed by atoms with Gasteiger partial charge in [0, 0.05) is 12.6 Å². The monoisotopic (exact) mass is 355 g/mol. The molecule has 0 saturated carbocycles. The molecule has 0 spiro atoms. The predicted octanol–water partition coefficient (Wildman–Crippen LogP) is 3.38. The number of unbranched alkanes of at least 4 members (excludes halogenated alkanes) is 1. The van der Waals surface area contributed by atoms with Gasteiger partial charge in [-0.2, -0.15) is 0 Å². The van der Waals surface area contributed by atoms with E-state index in [-0.39, 0.29) is 22.8 Å². The van der Waals surface area contributed by atoms with Crippen LogP contribution in [0.3, 0.4) is 0 Å². The first-order valence-electron chi connectivity index (χ1n) is 8.58. The average molecular weight is 356 g/mol. The number of nitrogens with zero attached hydrogens (tertiary/aromatic N) is 1. The van der Waals surface area contributed by atoms with E-state index in [9.17, 15) is 9.59 Å².